The smallest absolute Gasteiger partial charge is 0.315 e. The number of carbonyl (C=O) groups excluding carboxylic acids is 1. The highest BCUT2D eigenvalue weighted by molar-refractivity contribution is 5.75. The lowest BCUT2D eigenvalue weighted by Crippen LogP contribution is -2.46. The van der Waals surface area contributed by atoms with Crippen LogP contribution >= 0.6 is 0 Å². The van der Waals surface area contributed by atoms with Gasteiger partial charge in [-0.25, -0.2) is 13.6 Å². The second kappa shape index (κ2) is 6.60. The van der Waals surface area contributed by atoms with Crippen LogP contribution in [0.4, 0.5) is 13.6 Å². The van der Waals surface area contributed by atoms with Crippen molar-refractivity contribution in [3.05, 3.63) is 35.4 Å². The third-order valence-electron chi connectivity index (χ3n) is 4.37. The fourth-order valence-corrected chi connectivity index (χ4v) is 2.50. The van der Waals surface area contributed by atoms with Crippen molar-refractivity contribution < 1.29 is 18.7 Å². The number of urea groups is 1. The molecular formula is C16H22F2N2O2. The van der Waals surface area contributed by atoms with E-state index >= 15 is 0 Å². The summed E-state index contributed by atoms with van der Waals surface area (Å²) in [5.74, 6) is -1.50. The first kappa shape index (κ1) is 16.7. The molecule has 1 aliphatic rings. The van der Waals surface area contributed by atoms with Crippen LogP contribution < -0.4 is 10.6 Å². The Kier molecular flexibility index (Phi) is 5.01. The summed E-state index contributed by atoms with van der Waals surface area (Å²) >= 11 is 0. The van der Waals surface area contributed by atoms with Crippen molar-refractivity contribution in [3.8, 4) is 0 Å². The molecule has 1 aromatic carbocycles. The molecule has 3 N–H and O–H groups in total. The minimum absolute atomic E-state index is 0.0337. The summed E-state index contributed by atoms with van der Waals surface area (Å²) in [6.07, 6.45) is 1.59. The van der Waals surface area contributed by atoms with Gasteiger partial charge in [-0.2, -0.15) is 0 Å². The van der Waals surface area contributed by atoms with E-state index in [-0.39, 0.29) is 24.1 Å². The molecule has 0 saturated heterocycles. The largest absolute Gasteiger partial charge is 0.388 e. The number of hydrogen-bond donors (Lipinski definition) is 3. The molecule has 0 aromatic heterocycles. The molecule has 0 bridgehead atoms. The van der Waals surface area contributed by atoms with E-state index in [9.17, 15) is 18.7 Å². The summed E-state index contributed by atoms with van der Waals surface area (Å²) < 4.78 is 27.3. The van der Waals surface area contributed by atoms with Crippen LogP contribution in [0.5, 0.6) is 0 Å². The molecule has 4 nitrogen and oxygen atoms in total. The summed E-state index contributed by atoms with van der Waals surface area (Å²) in [6, 6.07) is 3.06. The second-order valence-corrected chi connectivity index (χ2v) is 5.84. The van der Waals surface area contributed by atoms with Gasteiger partial charge in [0.2, 0.25) is 0 Å². The lowest BCUT2D eigenvalue weighted by Gasteiger charge is -2.25. The third kappa shape index (κ3) is 3.74. The van der Waals surface area contributed by atoms with Crippen molar-refractivity contribution in [1.29, 1.82) is 0 Å². The highest BCUT2D eigenvalue weighted by atomic mass is 19.1. The maximum Gasteiger partial charge on any atom is 0.315 e. The monoisotopic (exact) mass is 312 g/mol. The molecule has 2 atom stereocenters. The van der Waals surface area contributed by atoms with E-state index in [1.165, 1.54) is 18.2 Å². The van der Waals surface area contributed by atoms with Gasteiger partial charge in [0.1, 0.15) is 11.6 Å². The summed E-state index contributed by atoms with van der Waals surface area (Å²) in [6.45, 7) is 3.85. The molecule has 122 valence electrons. The molecule has 0 radical (unpaired) electrons. The number of carbonyl (C=O) groups is 1. The van der Waals surface area contributed by atoms with Crippen molar-refractivity contribution in [1.82, 2.24) is 10.6 Å². The number of benzene rings is 1. The average Bonchev–Trinajstić information content (AvgIpc) is 3.23. The van der Waals surface area contributed by atoms with Crippen LogP contribution in [0.3, 0.4) is 0 Å². The van der Waals surface area contributed by atoms with Crippen LogP contribution in [-0.4, -0.2) is 29.3 Å². The summed E-state index contributed by atoms with van der Waals surface area (Å²) in [4.78, 5) is 11.8. The predicted octanol–water partition coefficient (Wildman–Crippen LogP) is 2.67. The fourth-order valence-electron chi connectivity index (χ4n) is 2.50. The third-order valence-corrected chi connectivity index (χ3v) is 4.37. The number of aliphatic hydroxyl groups is 1. The van der Waals surface area contributed by atoms with Gasteiger partial charge < -0.3 is 15.7 Å². The maximum absolute atomic E-state index is 13.6. The van der Waals surface area contributed by atoms with Gasteiger partial charge in [0.15, 0.2) is 0 Å². The highest BCUT2D eigenvalue weighted by Crippen LogP contribution is 2.42. The standard InChI is InChI=1S/C16H22F2N2O2/c1-3-16(22,4-2)9-19-15(21)20-13-8-10(13)14-11(17)6-5-7-12(14)18/h5-7,10,13,22H,3-4,8-9H2,1-2H3,(H2,19,20,21). The van der Waals surface area contributed by atoms with Crippen LogP contribution in [0.1, 0.15) is 44.6 Å². The first-order valence-corrected chi connectivity index (χ1v) is 7.61. The van der Waals surface area contributed by atoms with Crippen molar-refractivity contribution >= 4 is 6.03 Å². The number of nitrogens with one attached hydrogen (secondary N) is 2. The molecule has 1 saturated carbocycles. The van der Waals surface area contributed by atoms with Crippen molar-refractivity contribution in [3.63, 3.8) is 0 Å². The van der Waals surface area contributed by atoms with E-state index in [0.717, 1.165) is 0 Å². The molecule has 1 aromatic rings. The van der Waals surface area contributed by atoms with Gasteiger partial charge in [-0.15, -0.1) is 0 Å². The van der Waals surface area contributed by atoms with Crippen LogP contribution in [0.2, 0.25) is 0 Å². The maximum atomic E-state index is 13.6. The summed E-state index contributed by atoms with van der Waals surface area (Å²) in [7, 11) is 0. The zero-order chi connectivity index (χ0) is 16.3. The Morgan fingerprint density at radius 2 is 1.91 bits per heavy atom. The molecule has 0 spiro atoms. The minimum Gasteiger partial charge on any atom is -0.388 e. The molecule has 22 heavy (non-hydrogen) atoms. The zero-order valence-electron chi connectivity index (χ0n) is 12.8. The molecule has 1 fully saturated rings. The van der Waals surface area contributed by atoms with Gasteiger partial charge in [0.05, 0.1) is 5.60 Å². The quantitative estimate of drug-likeness (QED) is 0.756. The van der Waals surface area contributed by atoms with E-state index in [0.29, 0.717) is 19.3 Å². The van der Waals surface area contributed by atoms with Crippen molar-refractivity contribution in [2.75, 3.05) is 6.54 Å². The first-order chi connectivity index (χ1) is 10.4. The van der Waals surface area contributed by atoms with Gasteiger partial charge in [-0.05, 0) is 31.4 Å². The molecule has 2 unspecified atom stereocenters. The number of amides is 2. The Morgan fingerprint density at radius 1 is 1.32 bits per heavy atom. The van der Waals surface area contributed by atoms with E-state index in [2.05, 4.69) is 10.6 Å². The first-order valence-electron chi connectivity index (χ1n) is 7.61. The zero-order valence-corrected chi connectivity index (χ0v) is 12.8. The number of hydrogen-bond acceptors (Lipinski definition) is 2. The Morgan fingerprint density at radius 3 is 2.45 bits per heavy atom. The molecule has 2 amide bonds. The van der Waals surface area contributed by atoms with Crippen LogP contribution in [-0.2, 0) is 0 Å². The van der Waals surface area contributed by atoms with E-state index in [1.807, 2.05) is 13.8 Å². The summed E-state index contributed by atoms with van der Waals surface area (Å²) in [5.41, 5.74) is -0.885. The lowest BCUT2D eigenvalue weighted by molar-refractivity contribution is 0.0349. The molecule has 0 heterocycles. The van der Waals surface area contributed by atoms with Gasteiger partial charge in [0.25, 0.3) is 0 Å². The minimum atomic E-state index is -0.919. The molecule has 0 aliphatic heterocycles. The van der Waals surface area contributed by atoms with Crippen molar-refractivity contribution in [2.24, 2.45) is 0 Å². The summed E-state index contributed by atoms with van der Waals surface area (Å²) in [5, 5.41) is 15.4. The van der Waals surface area contributed by atoms with Crippen LogP contribution in [0.25, 0.3) is 0 Å². The topological polar surface area (TPSA) is 61.4 Å². The van der Waals surface area contributed by atoms with E-state index < -0.39 is 23.3 Å². The Labute approximate surface area is 128 Å². The molecule has 6 heteroatoms. The van der Waals surface area contributed by atoms with Crippen LogP contribution in [0.15, 0.2) is 18.2 Å². The fraction of sp³-hybridized carbons (Fsp3) is 0.562. The SMILES string of the molecule is CCC(O)(CC)CNC(=O)NC1CC1c1c(F)cccc1F. The van der Waals surface area contributed by atoms with Gasteiger partial charge >= 0.3 is 6.03 Å². The highest BCUT2D eigenvalue weighted by Gasteiger charge is 2.42. The lowest BCUT2D eigenvalue weighted by atomic mass is 9.98. The Bertz CT molecular complexity index is 527. The Balaban J connectivity index is 1.86. The molecule has 2 rings (SSSR count). The molecule has 1 aliphatic carbocycles. The average molecular weight is 312 g/mol. The second-order valence-electron chi connectivity index (χ2n) is 5.84. The number of halogens is 2. The van der Waals surface area contributed by atoms with Gasteiger partial charge in [-0.1, -0.05) is 19.9 Å². The van der Waals surface area contributed by atoms with E-state index in [1.54, 1.807) is 0 Å². The van der Waals surface area contributed by atoms with Gasteiger partial charge in [0, 0.05) is 24.1 Å². The normalized spacial score (nSPS) is 20.6. The van der Waals surface area contributed by atoms with Crippen LogP contribution in [0, 0.1) is 11.6 Å². The number of rotatable bonds is 6. The van der Waals surface area contributed by atoms with E-state index in [4.69, 9.17) is 0 Å². The van der Waals surface area contributed by atoms with Crippen molar-refractivity contribution in [2.45, 2.75) is 50.7 Å². The van der Waals surface area contributed by atoms with Gasteiger partial charge in [-0.3, -0.25) is 0 Å². The predicted molar refractivity (Wildman–Crippen MR) is 79.6 cm³/mol. The Hall–Kier alpha value is -1.69. The molecular weight excluding hydrogens is 290 g/mol.